The standard InChI is InChI=1S/C15H24N4O/c1-18-10-11(7-17-18)13-8-16-9-14(13)15(20)19(2)12-5-3-4-6-12/h7,10,12-14,16H,3-6,8-9H2,1-2H3/t13-,14+/m1/s1. The number of rotatable bonds is 3. The Morgan fingerprint density at radius 1 is 1.40 bits per heavy atom. The van der Waals surface area contributed by atoms with Crippen LogP contribution in [0.1, 0.15) is 37.2 Å². The minimum Gasteiger partial charge on any atom is -0.342 e. The van der Waals surface area contributed by atoms with E-state index in [1.807, 2.05) is 36.1 Å². The summed E-state index contributed by atoms with van der Waals surface area (Å²) in [6.45, 7) is 1.66. The van der Waals surface area contributed by atoms with Gasteiger partial charge in [0.2, 0.25) is 5.91 Å². The van der Waals surface area contributed by atoms with Crippen LogP contribution in [-0.2, 0) is 11.8 Å². The molecule has 3 rings (SSSR count). The fourth-order valence-electron chi connectivity index (χ4n) is 3.65. The molecule has 1 saturated heterocycles. The molecule has 0 radical (unpaired) electrons. The Hall–Kier alpha value is -1.36. The van der Waals surface area contributed by atoms with E-state index in [1.165, 1.54) is 31.2 Å². The fourth-order valence-corrected chi connectivity index (χ4v) is 3.65. The molecule has 2 aliphatic rings. The summed E-state index contributed by atoms with van der Waals surface area (Å²) in [6.07, 6.45) is 8.79. The number of carbonyl (C=O) groups is 1. The molecule has 20 heavy (non-hydrogen) atoms. The van der Waals surface area contributed by atoms with Gasteiger partial charge >= 0.3 is 0 Å². The van der Waals surface area contributed by atoms with E-state index in [9.17, 15) is 4.79 Å². The molecule has 1 saturated carbocycles. The summed E-state index contributed by atoms with van der Waals surface area (Å²) in [4.78, 5) is 14.8. The lowest BCUT2D eigenvalue weighted by atomic mass is 9.89. The Morgan fingerprint density at radius 2 is 2.15 bits per heavy atom. The minimum absolute atomic E-state index is 0.0600. The molecule has 0 spiro atoms. The highest BCUT2D eigenvalue weighted by molar-refractivity contribution is 5.80. The molecule has 2 fully saturated rings. The van der Waals surface area contributed by atoms with Gasteiger partial charge in [0.1, 0.15) is 0 Å². The van der Waals surface area contributed by atoms with E-state index < -0.39 is 0 Å². The van der Waals surface area contributed by atoms with Crippen LogP contribution in [0.3, 0.4) is 0 Å². The van der Waals surface area contributed by atoms with E-state index in [-0.39, 0.29) is 11.8 Å². The maximum atomic E-state index is 12.8. The van der Waals surface area contributed by atoms with Crippen molar-refractivity contribution in [2.24, 2.45) is 13.0 Å². The highest BCUT2D eigenvalue weighted by Crippen LogP contribution is 2.31. The van der Waals surface area contributed by atoms with Crippen LogP contribution in [0.25, 0.3) is 0 Å². The van der Waals surface area contributed by atoms with E-state index in [0.717, 1.165) is 13.1 Å². The number of nitrogens with one attached hydrogen (secondary N) is 1. The molecule has 1 aliphatic carbocycles. The van der Waals surface area contributed by atoms with E-state index in [0.29, 0.717) is 11.9 Å². The molecule has 0 aromatic carbocycles. The van der Waals surface area contributed by atoms with Gasteiger partial charge in [0.25, 0.3) is 0 Å². The van der Waals surface area contributed by atoms with Gasteiger partial charge in [-0.3, -0.25) is 9.48 Å². The molecule has 110 valence electrons. The van der Waals surface area contributed by atoms with E-state index in [2.05, 4.69) is 10.4 Å². The summed E-state index contributed by atoms with van der Waals surface area (Å²) >= 11 is 0. The van der Waals surface area contributed by atoms with Gasteiger partial charge in [-0.2, -0.15) is 5.10 Å². The van der Waals surface area contributed by atoms with Crippen molar-refractivity contribution in [3.05, 3.63) is 18.0 Å². The van der Waals surface area contributed by atoms with Gasteiger partial charge in [-0.1, -0.05) is 12.8 Å². The molecule has 2 atom stereocenters. The van der Waals surface area contributed by atoms with Gasteiger partial charge in [-0.15, -0.1) is 0 Å². The fraction of sp³-hybridized carbons (Fsp3) is 0.733. The minimum atomic E-state index is 0.0600. The molecule has 5 nitrogen and oxygen atoms in total. The van der Waals surface area contributed by atoms with Gasteiger partial charge in [-0.05, 0) is 18.4 Å². The molecule has 1 aromatic heterocycles. The molecule has 1 amide bonds. The summed E-state index contributed by atoms with van der Waals surface area (Å²) < 4.78 is 1.82. The van der Waals surface area contributed by atoms with E-state index in [1.54, 1.807) is 0 Å². The molecule has 1 N–H and O–H groups in total. The number of amides is 1. The first-order valence-corrected chi connectivity index (χ1v) is 7.62. The monoisotopic (exact) mass is 276 g/mol. The first-order chi connectivity index (χ1) is 9.66. The third-order valence-corrected chi connectivity index (χ3v) is 4.90. The SMILES string of the molecule is CN(C(=O)[C@H]1CNC[C@@H]1c1cnn(C)c1)C1CCCC1. The van der Waals surface area contributed by atoms with Crippen molar-refractivity contribution in [3.8, 4) is 0 Å². The summed E-state index contributed by atoms with van der Waals surface area (Å²) in [5, 5.41) is 7.61. The topological polar surface area (TPSA) is 50.2 Å². The van der Waals surface area contributed by atoms with Crippen molar-refractivity contribution in [2.75, 3.05) is 20.1 Å². The Bertz CT molecular complexity index is 478. The highest BCUT2D eigenvalue weighted by atomic mass is 16.2. The number of aryl methyl sites for hydroxylation is 1. The molecule has 0 unspecified atom stereocenters. The lowest BCUT2D eigenvalue weighted by molar-refractivity contribution is -0.136. The third-order valence-electron chi connectivity index (χ3n) is 4.90. The summed E-state index contributed by atoms with van der Waals surface area (Å²) in [6, 6.07) is 0.456. The van der Waals surface area contributed by atoms with Crippen molar-refractivity contribution >= 4 is 5.91 Å². The van der Waals surface area contributed by atoms with Crippen molar-refractivity contribution < 1.29 is 4.79 Å². The van der Waals surface area contributed by atoms with Crippen LogP contribution in [0.2, 0.25) is 0 Å². The van der Waals surface area contributed by atoms with E-state index >= 15 is 0 Å². The highest BCUT2D eigenvalue weighted by Gasteiger charge is 2.38. The Labute approximate surface area is 120 Å². The van der Waals surface area contributed by atoms with Crippen LogP contribution in [0.4, 0.5) is 0 Å². The van der Waals surface area contributed by atoms with E-state index in [4.69, 9.17) is 0 Å². The maximum absolute atomic E-state index is 12.8. The second-order valence-electron chi connectivity index (χ2n) is 6.21. The molecular weight excluding hydrogens is 252 g/mol. The Morgan fingerprint density at radius 3 is 2.80 bits per heavy atom. The number of hydrogen-bond donors (Lipinski definition) is 1. The van der Waals surface area contributed by atoms with Gasteiger partial charge in [-0.25, -0.2) is 0 Å². The molecular formula is C15H24N4O. The molecule has 1 aromatic rings. The van der Waals surface area contributed by atoms with Gasteiger partial charge in [0.15, 0.2) is 0 Å². The molecule has 0 bridgehead atoms. The lowest BCUT2D eigenvalue weighted by Gasteiger charge is -2.29. The number of aromatic nitrogens is 2. The van der Waals surface area contributed by atoms with Crippen molar-refractivity contribution in [3.63, 3.8) is 0 Å². The van der Waals surface area contributed by atoms with Gasteiger partial charge < -0.3 is 10.2 Å². The summed E-state index contributed by atoms with van der Waals surface area (Å²) in [5.41, 5.74) is 1.18. The van der Waals surface area contributed by atoms with Crippen LogP contribution < -0.4 is 5.32 Å². The first kappa shape index (κ1) is 13.6. The smallest absolute Gasteiger partial charge is 0.227 e. The molecule has 5 heteroatoms. The summed E-state index contributed by atoms with van der Waals surface area (Å²) in [7, 11) is 3.91. The lowest BCUT2D eigenvalue weighted by Crippen LogP contribution is -2.41. The summed E-state index contributed by atoms with van der Waals surface area (Å²) in [5.74, 6) is 0.626. The predicted molar refractivity (Wildman–Crippen MR) is 77.3 cm³/mol. The zero-order valence-corrected chi connectivity index (χ0v) is 12.4. The van der Waals surface area contributed by atoms with Crippen LogP contribution in [0, 0.1) is 5.92 Å². The number of carbonyl (C=O) groups excluding carboxylic acids is 1. The van der Waals surface area contributed by atoms with Crippen molar-refractivity contribution in [2.45, 2.75) is 37.6 Å². The predicted octanol–water partition coefficient (Wildman–Crippen LogP) is 1.12. The van der Waals surface area contributed by atoms with Crippen LogP contribution in [-0.4, -0.2) is 46.8 Å². The second-order valence-corrected chi connectivity index (χ2v) is 6.21. The zero-order chi connectivity index (χ0) is 14.1. The van der Waals surface area contributed by atoms with Gasteiger partial charge in [0, 0.05) is 45.3 Å². The van der Waals surface area contributed by atoms with Crippen molar-refractivity contribution in [1.29, 1.82) is 0 Å². The third kappa shape index (κ3) is 2.46. The second kappa shape index (κ2) is 5.56. The quantitative estimate of drug-likeness (QED) is 0.900. The largest absolute Gasteiger partial charge is 0.342 e. The number of nitrogens with zero attached hydrogens (tertiary/aromatic N) is 3. The maximum Gasteiger partial charge on any atom is 0.227 e. The van der Waals surface area contributed by atoms with Crippen LogP contribution >= 0.6 is 0 Å². The van der Waals surface area contributed by atoms with Crippen LogP contribution in [0.5, 0.6) is 0 Å². The van der Waals surface area contributed by atoms with Crippen molar-refractivity contribution in [1.82, 2.24) is 20.0 Å². The van der Waals surface area contributed by atoms with Gasteiger partial charge in [0.05, 0.1) is 12.1 Å². The molecule has 2 heterocycles. The zero-order valence-electron chi connectivity index (χ0n) is 12.4. The average molecular weight is 276 g/mol. The first-order valence-electron chi connectivity index (χ1n) is 7.62. The number of hydrogen-bond acceptors (Lipinski definition) is 3. The van der Waals surface area contributed by atoms with Crippen LogP contribution in [0.15, 0.2) is 12.4 Å². The average Bonchev–Trinajstić information content (AvgIpc) is 3.17. The molecule has 1 aliphatic heterocycles. The Balaban J connectivity index is 1.72. The normalized spacial score (nSPS) is 27.1. The Kier molecular flexibility index (Phi) is 3.78.